The second-order valence-corrected chi connectivity index (χ2v) is 5.48. The van der Waals surface area contributed by atoms with E-state index in [-0.39, 0.29) is 12.0 Å². The SMILES string of the molecule is C=CC(=O)N1CCC(Oc2cccc(-c3cccnn3)c2)CC1. The normalized spacial score (nSPS) is 15.2. The van der Waals surface area contributed by atoms with Gasteiger partial charge in [0.1, 0.15) is 11.9 Å². The van der Waals surface area contributed by atoms with Crippen LogP contribution in [0.4, 0.5) is 0 Å². The Morgan fingerprint density at radius 3 is 2.78 bits per heavy atom. The fourth-order valence-electron chi connectivity index (χ4n) is 2.70. The van der Waals surface area contributed by atoms with Crippen LogP contribution in [0.15, 0.2) is 55.3 Å². The van der Waals surface area contributed by atoms with Crippen LogP contribution in [0.2, 0.25) is 0 Å². The molecule has 0 N–H and O–H groups in total. The number of ether oxygens (including phenoxy) is 1. The first kappa shape index (κ1) is 15.2. The van der Waals surface area contributed by atoms with Crippen molar-refractivity contribution in [2.45, 2.75) is 18.9 Å². The van der Waals surface area contributed by atoms with Gasteiger partial charge in [0, 0.05) is 37.7 Å². The molecule has 3 rings (SSSR count). The maximum atomic E-state index is 11.6. The average Bonchev–Trinajstić information content (AvgIpc) is 2.63. The predicted molar refractivity (Wildman–Crippen MR) is 87.9 cm³/mol. The monoisotopic (exact) mass is 309 g/mol. The van der Waals surface area contributed by atoms with Crippen LogP contribution in [0, 0.1) is 0 Å². The zero-order valence-electron chi connectivity index (χ0n) is 12.9. The molecule has 1 aliphatic heterocycles. The quantitative estimate of drug-likeness (QED) is 0.815. The lowest BCUT2D eigenvalue weighted by atomic mass is 10.1. The third-order valence-corrected chi connectivity index (χ3v) is 3.93. The van der Waals surface area contributed by atoms with E-state index >= 15 is 0 Å². The molecule has 1 amide bonds. The van der Waals surface area contributed by atoms with E-state index in [9.17, 15) is 4.79 Å². The number of nitrogens with zero attached hydrogens (tertiary/aromatic N) is 3. The number of hydrogen-bond acceptors (Lipinski definition) is 4. The Morgan fingerprint density at radius 2 is 2.09 bits per heavy atom. The molecule has 0 unspecified atom stereocenters. The minimum absolute atomic E-state index is 0.00639. The number of amides is 1. The lowest BCUT2D eigenvalue weighted by Gasteiger charge is -2.31. The molecule has 1 aromatic carbocycles. The van der Waals surface area contributed by atoms with Gasteiger partial charge in [-0.25, -0.2) is 0 Å². The fourth-order valence-corrected chi connectivity index (χ4v) is 2.70. The van der Waals surface area contributed by atoms with Gasteiger partial charge < -0.3 is 9.64 Å². The van der Waals surface area contributed by atoms with Gasteiger partial charge in [-0.2, -0.15) is 10.2 Å². The molecule has 1 fully saturated rings. The molecule has 5 nitrogen and oxygen atoms in total. The topological polar surface area (TPSA) is 55.3 Å². The molecular weight excluding hydrogens is 290 g/mol. The van der Waals surface area contributed by atoms with Crippen molar-refractivity contribution in [3.05, 3.63) is 55.3 Å². The van der Waals surface area contributed by atoms with Crippen LogP contribution in [0.5, 0.6) is 5.75 Å². The molecule has 1 saturated heterocycles. The molecule has 1 aliphatic rings. The smallest absolute Gasteiger partial charge is 0.245 e. The summed E-state index contributed by atoms with van der Waals surface area (Å²) in [4.78, 5) is 13.4. The van der Waals surface area contributed by atoms with Gasteiger partial charge in [0.2, 0.25) is 5.91 Å². The summed E-state index contributed by atoms with van der Waals surface area (Å²) in [5.41, 5.74) is 1.80. The number of likely N-dealkylation sites (tertiary alicyclic amines) is 1. The second-order valence-electron chi connectivity index (χ2n) is 5.48. The van der Waals surface area contributed by atoms with Crippen LogP contribution >= 0.6 is 0 Å². The van der Waals surface area contributed by atoms with E-state index in [0.717, 1.165) is 29.8 Å². The van der Waals surface area contributed by atoms with Gasteiger partial charge >= 0.3 is 0 Å². The van der Waals surface area contributed by atoms with Crippen LogP contribution in [0.1, 0.15) is 12.8 Å². The Hall–Kier alpha value is -2.69. The summed E-state index contributed by atoms with van der Waals surface area (Å²) in [6, 6.07) is 11.7. The van der Waals surface area contributed by atoms with Crippen molar-refractivity contribution in [3.63, 3.8) is 0 Å². The zero-order chi connectivity index (χ0) is 16.1. The Balaban J connectivity index is 1.63. The highest BCUT2D eigenvalue weighted by Gasteiger charge is 2.22. The van der Waals surface area contributed by atoms with Gasteiger partial charge in [-0.3, -0.25) is 4.79 Å². The van der Waals surface area contributed by atoms with Crippen LogP contribution in [-0.2, 0) is 4.79 Å². The number of benzene rings is 1. The lowest BCUT2D eigenvalue weighted by molar-refractivity contribution is -0.127. The Morgan fingerprint density at radius 1 is 1.26 bits per heavy atom. The van der Waals surface area contributed by atoms with Crippen LogP contribution in [0.3, 0.4) is 0 Å². The van der Waals surface area contributed by atoms with Crippen molar-refractivity contribution >= 4 is 5.91 Å². The van der Waals surface area contributed by atoms with E-state index in [1.165, 1.54) is 6.08 Å². The largest absolute Gasteiger partial charge is 0.490 e. The molecule has 118 valence electrons. The molecule has 2 heterocycles. The summed E-state index contributed by atoms with van der Waals surface area (Å²) >= 11 is 0. The van der Waals surface area contributed by atoms with Crippen molar-refractivity contribution in [2.75, 3.05) is 13.1 Å². The summed E-state index contributed by atoms with van der Waals surface area (Å²) in [5, 5.41) is 8.02. The van der Waals surface area contributed by atoms with Gasteiger partial charge in [-0.15, -0.1) is 0 Å². The predicted octanol–water partition coefficient (Wildman–Crippen LogP) is 2.70. The molecule has 23 heavy (non-hydrogen) atoms. The number of piperidine rings is 1. The van der Waals surface area contributed by atoms with E-state index < -0.39 is 0 Å². The maximum absolute atomic E-state index is 11.6. The standard InChI is InChI=1S/C18H19N3O2/c1-2-18(22)21-11-8-15(9-12-21)23-16-6-3-5-14(13-16)17-7-4-10-19-20-17/h2-7,10,13,15H,1,8-9,11-12H2. The molecule has 5 heteroatoms. The van der Waals surface area contributed by atoms with Crippen molar-refractivity contribution in [2.24, 2.45) is 0 Å². The van der Waals surface area contributed by atoms with Gasteiger partial charge in [0.15, 0.2) is 0 Å². The fraction of sp³-hybridized carbons (Fsp3) is 0.278. The second kappa shape index (κ2) is 7.05. The van der Waals surface area contributed by atoms with E-state index in [1.807, 2.05) is 41.3 Å². The molecule has 1 aromatic heterocycles. The zero-order valence-corrected chi connectivity index (χ0v) is 12.9. The van der Waals surface area contributed by atoms with Crippen LogP contribution in [0.25, 0.3) is 11.3 Å². The Kier molecular flexibility index (Phi) is 4.66. The summed E-state index contributed by atoms with van der Waals surface area (Å²) in [6.45, 7) is 4.94. The molecule has 0 bridgehead atoms. The third kappa shape index (κ3) is 3.74. The minimum atomic E-state index is -0.00639. The molecule has 0 saturated carbocycles. The summed E-state index contributed by atoms with van der Waals surface area (Å²) in [6.07, 6.45) is 4.80. The van der Waals surface area contributed by atoms with Crippen molar-refractivity contribution in [3.8, 4) is 17.0 Å². The minimum Gasteiger partial charge on any atom is -0.490 e. The highest BCUT2D eigenvalue weighted by molar-refractivity contribution is 5.87. The first-order valence-electron chi connectivity index (χ1n) is 7.72. The average molecular weight is 309 g/mol. The number of hydrogen-bond donors (Lipinski definition) is 0. The van der Waals surface area contributed by atoms with Gasteiger partial charge in [0.05, 0.1) is 5.69 Å². The lowest BCUT2D eigenvalue weighted by Crippen LogP contribution is -2.41. The van der Waals surface area contributed by atoms with Crippen molar-refractivity contribution in [1.29, 1.82) is 0 Å². The molecule has 0 radical (unpaired) electrons. The van der Waals surface area contributed by atoms with Crippen molar-refractivity contribution < 1.29 is 9.53 Å². The number of rotatable bonds is 4. The number of carbonyl (C=O) groups excluding carboxylic acids is 1. The molecular formula is C18H19N3O2. The summed E-state index contributed by atoms with van der Waals surface area (Å²) in [7, 11) is 0. The first-order chi connectivity index (χ1) is 11.3. The van der Waals surface area contributed by atoms with Crippen LogP contribution < -0.4 is 4.74 Å². The molecule has 0 aliphatic carbocycles. The van der Waals surface area contributed by atoms with E-state index in [2.05, 4.69) is 16.8 Å². The summed E-state index contributed by atoms with van der Waals surface area (Å²) in [5.74, 6) is 0.815. The highest BCUT2D eigenvalue weighted by atomic mass is 16.5. The highest BCUT2D eigenvalue weighted by Crippen LogP contribution is 2.24. The Labute approximate surface area is 135 Å². The van der Waals surface area contributed by atoms with E-state index in [0.29, 0.717) is 13.1 Å². The van der Waals surface area contributed by atoms with Gasteiger partial charge in [0.25, 0.3) is 0 Å². The number of aromatic nitrogens is 2. The maximum Gasteiger partial charge on any atom is 0.245 e. The van der Waals surface area contributed by atoms with E-state index in [4.69, 9.17) is 4.74 Å². The molecule has 0 spiro atoms. The molecule has 0 atom stereocenters. The molecule has 2 aromatic rings. The van der Waals surface area contributed by atoms with Gasteiger partial charge in [-0.05, 0) is 30.3 Å². The van der Waals surface area contributed by atoms with Crippen LogP contribution in [-0.4, -0.2) is 40.2 Å². The number of carbonyl (C=O) groups is 1. The Bertz CT molecular complexity index is 680. The van der Waals surface area contributed by atoms with Gasteiger partial charge in [-0.1, -0.05) is 18.7 Å². The first-order valence-corrected chi connectivity index (χ1v) is 7.72. The summed E-state index contributed by atoms with van der Waals surface area (Å²) < 4.78 is 6.07. The van der Waals surface area contributed by atoms with Crippen molar-refractivity contribution in [1.82, 2.24) is 15.1 Å². The van der Waals surface area contributed by atoms with E-state index in [1.54, 1.807) is 6.20 Å². The third-order valence-electron chi connectivity index (χ3n) is 3.93.